The summed E-state index contributed by atoms with van der Waals surface area (Å²) in [4.78, 5) is 9.17. The third-order valence-corrected chi connectivity index (χ3v) is 5.74. The molecule has 3 aromatic heterocycles. The zero-order valence-electron chi connectivity index (χ0n) is 16.5. The van der Waals surface area contributed by atoms with E-state index in [0.717, 1.165) is 44.4 Å². The van der Waals surface area contributed by atoms with Gasteiger partial charge in [0.05, 0.1) is 41.2 Å². The number of rotatable bonds is 6. The molecule has 3 heterocycles. The van der Waals surface area contributed by atoms with E-state index in [0.29, 0.717) is 6.42 Å². The molecule has 6 nitrogen and oxygen atoms in total. The molecule has 0 saturated carbocycles. The van der Waals surface area contributed by atoms with E-state index in [2.05, 4.69) is 62.0 Å². The van der Waals surface area contributed by atoms with Crippen molar-refractivity contribution in [3.8, 4) is 17.5 Å². The van der Waals surface area contributed by atoms with Crippen LogP contribution in [0.3, 0.4) is 0 Å². The molecule has 0 aliphatic rings. The molecule has 4 rings (SSSR count). The van der Waals surface area contributed by atoms with Gasteiger partial charge in [-0.3, -0.25) is 0 Å². The first-order valence-corrected chi connectivity index (χ1v) is 11.0. The summed E-state index contributed by atoms with van der Waals surface area (Å²) in [5.74, 6) is 0. The predicted octanol–water partition coefficient (Wildman–Crippen LogP) is 4.99. The van der Waals surface area contributed by atoms with Crippen molar-refractivity contribution < 1.29 is 0 Å². The van der Waals surface area contributed by atoms with Gasteiger partial charge in [-0.2, -0.15) is 15.5 Å². The van der Waals surface area contributed by atoms with Crippen LogP contribution < -0.4 is 0 Å². The Morgan fingerprint density at radius 1 is 1.20 bits per heavy atom. The first-order valence-electron chi connectivity index (χ1n) is 9.51. The highest BCUT2D eigenvalue weighted by Crippen LogP contribution is 2.29. The van der Waals surface area contributed by atoms with Gasteiger partial charge in [-0.05, 0) is 59.5 Å². The lowest BCUT2D eigenvalue weighted by Crippen LogP contribution is -1.98. The van der Waals surface area contributed by atoms with Gasteiger partial charge in [0.2, 0.25) is 0 Å². The number of hydrogen-bond donors (Lipinski definition) is 0. The first kappa shape index (κ1) is 20.2. The normalized spacial score (nSPS) is 11.2. The van der Waals surface area contributed by atoms with Crippen molar-refractivity contribution in [3.05, 3.63) is 71.4 Å². The smallest absolute Gasteiger partial charge is 0.0948 e. The number of imidazole rings is 1. The summed E-state index contributed by atoms with van der Waals surface area (Å²) in [6.07, 6.45) is 10.5. The maximum atomic E-state index is 9.04. The van der Waals surface area contributed by atoms with E-state index in [4.69, 9.17) is 10.2 Å². The number of alkyl halides is 1. The zero-order chi connectivity index (χ0) is 20.9. The van der Waals surface area contributed by atoms with Crippen molar-refractivity contribution in [1.29, 1.82) is 5.26 Å². The van der Waals surface area contributed by atoms with Crippen LogP contribution >= 0.6 is 22.6 Å². The monoisotopic (exact) mass is 506 g/mol. The maximum Gasteiger partial charge on any atom is 0.0948 e. The van der Waals surface area contributed by atoms with Crippen LogP contribution in [-0.4, -0.2) is 24.7 Å². The average Bonchev–Trinajstić information content (AvgIpc) is 3.21. The number of nitriles is 1. The molecule has 0 bridgehead atoms. The van der Waals surface area contributed by atoms with E-state index >= 15 is 0 Å². The number of nitrogens with zero attached hydrogens (tertiary/aromatic N) is 6. The molecule has 0 saturated heterocycles. The van der Waals surface area contributed by atoms with Gasteiger partial charge in [0.25, 0.3) is 0 Å². The van der Waals surface area contributed by atoms with Gasteiger partial charge >= 0.3 is 0 Å². The molecule has 0 aliphatic heterocycles. The number of hydrogen-bond acceptors (Lipinski definition) is 5. The standard InChI is InChI=1S/C23H19IN6/c1-30-15-26-14-23(30)22-11-17(6-7-19-5-3-9-27-29-19)20-10-16(4-2-8-25)18(13-24)12-21(20)28-22/h3,5-7,9-12,14-15H,2,4,13H2,1H3/b7-6+. The third-order valence-electron chi connectivity index (χ3n) is 4.92. The minimum absolute atomic E-state index is 0.500. The summed E-state index contributed by atoms with van der Waals surface area (Å²) in [6.45, 7) is 0. The van der Waals surface area contributed by atoms with E-state index in [-0.39, 0.29) is 0 Å². The molecule has 1 aromatic carbocycles. The van der Waals surface area contributed by atoms with Gasteiger partial charge in [0.1, 0.15) is 0 Å². The van der Waals surface area contributed by atoms with Gasteiger partial charge in [-0.25, -0.2) is 9.97 Å². The van der Waals surface area contributed by atoms with Crippen LogP contribution in [0.1, 0.15) is 28.8 Å². The fraction of sp³-hybridized carbons (Fsp3) is 0.174. The molecule has 0 spiro atoms. The molecule has 4 aromatic rings. The molecule has 0 aliphatic carbocycles. The Morgan fingerprint density at radius 2 is 2.10 bits per heavy atom. The van der Waals surface area contributed by atoms with Crippen molar-refractivity contribution >= 4 is 45.6 Å². The van der Waals surface area contributed by atoms with Crippen LogP contribution in [0.15, 0.2) is 49.1 Å². The average molecular weight is 506 g/mol. The van der Waals surface area contributed by atoms with Crippen LogP contribution in [-0.2, 0) is 17.9 Å². The van der Waals surface area contributed by atoms with Crippen molar-refractivity contribution in [1.82, 2.24) is 24.7 Å². The number of pyridine rings is 1. The molecule has 0 unspecified atom stereocenters. The molecule has 0 radical (unpaired) electrons. The van der Waals surface area contributed by atoms with E-state index in [1.807, 2.05) is 42.1 Å². The maximum absolute atomic E-state index is 9.04. The van der Waals surface area contributed by atoms with Gasteiger partial charge in [-0.1, -0.05) is 28.7 Å². The Kier molecular flexibility index (Phi) is 6.14. The minimum Gasteiger partial charge on any atom is -0.332 e. The summed E-state index contributed by atoms with van der Waals surface area (Å²) in [5, 5.41) is 18.2. The summed E-state index contributed by atoms with van der Waals surface area (Å²) in [7, 11) is 1.96. The highest BCUT2D eigenvalue weighted by molar-refractivity contribution is 14.1. The number of benzene rings is 1. The van der Waals surface area contributed by atoms with Gasteiger partial charge in [0.15, 0.2) is 0 Å². The molecule has 0 amide bonds. The lowest BCUT2D eigenvalue weighted by molar-refractivity contribution is 0.917. The third kappa shape index (κ3) is 4.24. The van der Waals surface area contributed by atoms with E-state index in [1.165, 1.54) is 11.1 Å². The number of halogens is 1. The van der Waals surface area contributed by atoms with Crippen molar-refractivity contribution in [3.63, 3.8) is 0 Å². The lowest BCUT2D eigenvalue weighted by atomic mass is 9.97. The molecule has 0 fully saturated rings. The minimum atomic E-state index is 0.500. The van der Waals surface area contributed by atoms with Crippen molar-refractivity contribution in [2.75, 3.05) is 0 Å². The quantitative estimate of drug-likeness (QED) is 0.272. The number of aryl methyl sites for hydroxylation is 2. The predicted molar refractivity (Wildman–Crippen MR) is 127 cm³/mol. The molecule has 0 N–H and O–H groups in total. The summed E-state index contributed by atoms with van der Waals surface area (Å²) >= 11 is 2.37. The van der Waals surface area contributed by atoms with Crippen LogP contribution in [0.2, 0.25) is 0 Å². The molecule has 0 atom stereocenters. The second-order valence-corrected chi connectivity index (χ2v) is 7.66. The molecule has 148 valence electrons. The fourth-order valence-electron chi connectivity index (χ4n) is 3.39. The Hall–Kier alpha value is -3.12. The number of aromatic nitrogens is 5. The van der Waals surface area contributed by atoms with Crippen molar-refractivity contribution in [2.45, 2.75) is 17.3 Å². The highest BCUT2D eigenvalue weighted by atomic mass is 127. The SMILES string of the molecule is Cn1cncc1-c1cc(/C=C/c2cccnn2)c2cc(CCC#N)c(CI)cc2n1. The van der Waals surface area contributed by atoms with Crippen LogP contribution in [0.25, 0.3) is 34.4 Å². The Balaban J connectivity index is 1.91. The highest BCUT2D eigenvalue weighted by Gasteiger charge is 2.12. The Morgan fingerprint density at radius 3 is 2.80 bits per heavy atom. The molecular formula is C23H19IN6. The van der Waals surface area contributed by atoms with E-state index in [9.17, 15) is 0 Å². The van der Waals surface area contributed by atoms with E-state index in [1.54, 1.807) is 12.5 Å². The van der Waals surface area contributed by atoms with Gasteiger partial charge in [0, 0.05) is 29.5 Å². The van der Waals surface area contributed by atoms with Crippen LogP contribution in [0.4, 0.5) is 0 Å². The summed E-state index contributed by atoms with van der Waals surface area (Å²) in [6, 6.07) is 12.4. The number of fused-ring (bicyclic) bond motifs is 1. The van der Waals surface area contributed by atoms with Crippen LogP contribution in [0, 0.1) is 11.3 Å². The first-order chi connectivity index (χ1) is 14.7. The summed E-state index contributed by atoms with van der Waals surface area (Å²) < 4.78 is 2.84. The van der Waals surface area contributed by atoms with Gasteiger partial charge in [-0.15, -0.1) is 0 Å². The second-order valence-electron chi connectivity index (χ2n) is 6.90. The molecule has 30 heavy (non-hydrogen) atoms. The van der Waals surface area contributed by atoms with Gasteiger partial charge < -0.3 is 4.57 Å². The van der Waals surface area contributed by atoms with Crippen molar-refractivity contribution in [2.24, 2.45) is 7.05 Å². The molecular weight excluding hydrogens is 487 g/mol. The lowest BCUT2D eigenvalue weighted by Gasteiger charge is -2.12. The largest absolute Gasteiger partial charge is 0.332 e. The zero-order valence-corrected chi connectivity index (χ0v) is 18.6. The summed E-state index contributed by atoms with van der Waals surface area (Å²) in [5.41, 5.74) is 7.00. The topological polar surface area (TPSA) is 80.3 Å². The molecule has 7 heteroatoms. The Labute approximate surface area is 188 Å². The van der Waals surface area contributed by atoms with Crippen LogP contribution in [0.5, 0.6) is 0 Å². The second kappa shape index (κ2) is 9.13. The fourth-order valence-corrected chi connectivity index (χ4v) is 4.10. The van der Waals surface area contributed by atoms with E-state index < -0.39 is 0 Å². The Bertz CT molecular complexity index is 1250.